The normalized spacial score (nSPS) is 14.2. The minimum Gasteiger partial charge on any atom is -0.476 e. The van der Waals surface area contributed by atoms with E-state index in [1.807, 2.05) is 0 Å². The molecular weight excluding hydrogens is 314 g/mol. The SMILES string of the molecule is CCCCOc1nccnc1C1=CCCN(C)C1.O=C(O)C(=O)O. The van der Waals surface area contributed by atoms with Crippen LogP contribution in [-0.4, -0.2) is 63.8 Å². The molecule has 132 valence electrons. The molecular formula is C16H23N3O5. The molecule has 2 N–H and O–H groups in total. The van der Waals surface area contributed by atoms with Gasteiger partial charge in [-0.3, -0.25) is 0 Å². The predicted octanol–water partition coefficient (Wildman–Crippen LogP) is 1.53. The topological polar surface area (TPSA) is 113 Å². The second-order valence-corrected chi connectivity index (χ2v) is 5.28. The van der Waals surface area contributed by atoms with Crippen molar-refractivity contribution in [3.8, 4) is 5.88 Å². The fraction of sp³-hybridized carbons (Fsp3) is 0.500. The highest BCUT2D eigenvalue weighted by molar-refractivity contribution is 6.27. The molecule has 1 aliphatic heterocycles. The number of hydrogen-bond acceptors (Lipinski definition) is 6. The summed E-state index contributed by atoms with van der Waals surface area (Å²) in [5.41, 5.74) is 2.13. The van der Waals surface area contributed by atoms with E-state index in [1.54, 1.807) is 12.4 Å². The number of likely N-dealkylation sites (N-methyl/N-ethyl adjacent to an activating group) is 1. The molecule has 8 heteroatoms. The molecule has 0 aromatic carbocycles. The van der Waals surface area contributed by atoms with E-state index in [0.717, 1.165) is 38.0 Å². The molecule has 0 saturated carbocycles. The lowest BCUT2D eigenvalue weighted by atomic mass is 10.1. The van der Waals surface area contributed by atoms with Gasteiger partial charge < -0.3 is 19.8 Å². The van der Waals surface area contributed by atoms with E-state index in [4.69, 9.17) is 24.5 Å². The maximum atomic E-state index is 9.10. The fourth-order valence-corrected chi connectivity index (χ4v) is 2.03. The molecule has 0 unspecified atom stereocenters. The van der Waals surface area contributed by atoms with Crippen molar-refractivity contribution in [2.24, 2.45) is 0 Å². The first kappa shape index (κ1) is 19.6. The number of hydrogen-bond donors (Lipinski definition) is 2. The summed E-state index contributed by atoms with van der Waals surface area (Å²) >= 11 is 0. The molecule has 1 aromatic rings. The third-order valence-corrected chi connectivity index (χ3v) is 3.23. The average molecular weight is 337 g/mol. The summed E-state index contributed by atoms with van der Waals surface area (Å²) in [7, 11) is 2.13. The van der Waals surface area contributed by atoms with Crippen LogP contribution in [0.15, 0.2) is 18.5 Å². The largest absolute Gasteiger partial charge is 0.476 e. The first-order chi connectivity index (χ1) is 11.5. The van der Waals surface area contributed by atoms with E-state index in [-0.39, 0.29) is 0 Å². The Morgan fingerprint density at radius 1 is 1.25 bits per heavy atom. The van der Waals surface area contributed by atoms with Crippen LogP contribution in [0.3, 0.4) is 0 Å². The zero-order valence-corrected chi connectivity index (χ0v) is 13.9. The number of rotatable bonds is 5. The molecule has 0 bridgehead atoms. The number of nitrogens with zero attached hydrogens (tertiary/aromatic N) is 3. The van der Waals surface area contributed by atoms with Crippen molar-refractivity contribution in [3.05, 3.63) is 24.2 Å². The number of carboxylic acids is 2. The zero-order chi connectivity index (χ0) is 17.9. The lowest BCUT2D eigenvalue weighted by Gasteiger charge is -2.23. The first-order valence-electron chi connectivity index (χ1n) is 7.73. The Hall–Kier alpha value is -2.48. The van der Waals surface area contributed by atoms with E-state index in [1.165, 1.54) is 5.57 Å². The van der Waals surface area contributed by atoms with E-state index in [0.29, 0.717) is 12.5 Å². The average Bonchev–Trinajstić information content (AvgIpc) is 2.56. The summed E-state index contributed by atoms with van der Waals surface area (Å²) in [5, 5.41) is 14.8. The van der Waals surface area contributed by atoms with Gasteiger partial charge in [0.1, 0.15) is 5.69 Å². The molecule has 0 amide bonds. The van der Waals surface area contributed by atoms with Crippen LogP contribution in [0.5, 0.6) is 5.88 Å². The molecule has 0 radical (unpaired) electrons. The van der Waals surface area contributed by atoms with Crippen LogP contribution in [0.25, 0.3) is 5.57 Å². The fourth-order valence-electron chi connectivity index (χ4n) is 2.03. The summed E-state index contributed by atoms with van der Waals surface area (Å²) < 4.78 is 5.73. The van der Waals surface area contributed by atoms with Gasteiger partial charge in [0.05, 0.1) is 6.61 Å². The van der Waals surface area contributed by atoms with Crippen molar-refractivity contribution in [2.45, 2.75) is 26.2 Å². The van der Waals surface area contributed by atoms with Gasteiger partial charge in [0, 0.05) is 25.5 Å². The Morgan fingerprint density at radius 2 is 1.92 bits per heavy atom. The van der Waals surface area contributed by atoms with Gasteiger partial charge in [-0.15, -0.1) is 0 Å². The van der Waals surface area contributed by atoms with Gasteiger partial charge in [-0.2, -0.15) is 0 Å². The predicted molar refractivity (Wildman–Crippen MR) is 87.8 cm³/mol. The van der Waals surface area contributed by atoms with Gasteiger partial charge in [0.2, 0.25) is 5.88 Å². The third kappa shape index (κ3) is 6.74. The summed E-state index contributed by atoms with van der Waals surface area (Å²) in [6, 6.07) is 0. The second-order valence-electron chi connectivity index (χ2n) is 5.28. The molecule has 0 aliphatic carbocycles. The van der Waals surface area contributed by atoms with Crippen LogP contribution >= 0.6 is 0 Å². The van der Waals surface area contributed by atoms with Gasteiger partial charge >= 0.3 is 11.9 Å². The van der Waals surface area contributed by atoms with Crippen molar-refractivity contribution in [1.82, 2.24) is 14.9 Å². The van der Waals surface area contributed by atoms with E-state index < -0.39 is 11.9 Å². The molecule has 1 aliphatic rings. The maximum Gasteiger partial charge on any atom is 0.414 e. The third-order valence-electron chi connectivity index (χ3n) is 3.23. The number of ether oxygens (including phenoxy) is 1. The van der Waals surface area contributed by atoms with Crippen molar-refractivity contribution in [1.29, 1.82) is 0 Å². The lowest BCUT2D eigenvalue weighted by Crippen LogP contribution is -2.25. The van der Waals surface area contributed by atoms with Crippen molar-refractivity contribution in [3.63, 3.8) is 0 Å². The van der Waals surface area contributed by atoms with Gasteiger partial charge in [-0.05, 0) is 25.5 Å². The van der Waals surface area contributed by atoms with Gasteiger partial charge in [0.25, 0.3) is 0 Å². The van der Waals surface area contributed by atoms with Gasteiger partial charge in [0.15, 0.2) is 0 Å². The number of aromatic nitrogens is 2. The maximum absolute atomic E-state index is 9.10. The summed E-state index contributed by atoms with van der Waals surface area (Å²) in [6.45, 7) is 4.89. The Morgan fingerprint density at radius 3 is 2.50 bits per heavy atom. The highest BCUT2D eigenvalue weighted by Gasteiger charge is 2.16. The molecule has 2 heterocycles. The number of aliphatic carboxylic acids is 2. The Labute approximate surface area is 140 Å². The van der Waals surface area contributed by atoms with Crippen LogP contribution < -0.4 is 4.74 Å². The monoisotopic (exact) mass is 337 g/mol. The van der Waals surface area contributed by atoms with Crippen LogP contribution in [0, 0.1) is 0 Å². The van der Waals surface area contributed by atoms with Gasteiger partial charge in [-0.1, -0.05) is 19.4 Å². The molecule has 1 aromatic heterocycles. The van der Waals surface area contributed by atoms with E-state index >= 15 is 0 Å². The number of carbonyl (C=O) groups is 2. The Bertz CT molecular complexity index is 577. The molecule has 8 nitrogen and oxygen atoms in total. The van der Waals surface area contributed by atoms with Gasteiger partial charge in [-0.25, -0.2) is 19.6 Å². The summed E-state index contributed by atoms with van der Waals surface area (Å²) in [5.74, 6) is -2.97. The highest BCUT2D eigenvalue weighted by atomic mass is 16.5. The van der Waals surface area contributed by atoms with Crippen LogP contribution in [-0.2, 0) is 9.59 Å². The summed E-state index contributed by atoms with van der Waals surface area (Å²) in [6.07, 6.45) is 8.92. The summed E-state index contributed by atoms with van der Waals surface area (Å²) in [4.78, 5) is 29.2. The molecule has 0 spiro atoms. The Kier molecular flexibility index (Phi) is 8.42. The first-order valence-corrected chi connectivity index (χ1v) is 7.73. The Balaban J connectivity index is 0.000000413. The smallest absolute Gasteiger partial charge is 0.414 e. The van der Waals surface area contributed by atoms with Crippen molar-refractivity contribution in [2.75, 3.05) is 26.7 Å². The standard InChI is InChI=1S/C14H21N3O.C2H2O4/c1-3-4-10-18-14-13(15-7-8-16-14)12-6-5-9-17(2)11-12;3-1(4)2(5)6/h6-8H,3-5,9-11H2,1-2H3;(H,3,4)(H,5,6). The number of unbranched alkanes of at least 4 members (excludes halogenated alkanes) is 1. The van der Waals surface area contributed by atoms with Crippen LogP contribution in [0.4, 0.5) is 0 Å². The zero-order valence-electron chi connectivity index (χ0n) is 13.9. The van der Waals surface area contributed by atoms with Crippen molar-refractivity contribution < 1.29 is 24.5 Å². The van der Waals surface area contributed by atoms with Crippen LogP contribution in [0.1, 0.15) is 31.9 Å². The van der Waals surface area contributed by atoms with E-state index in [2.05, 4.69) is 34.9 Å². The van der Waals surface area contributed by atoms with E-state index in [9.17, 15) is 0 Å². The minimum atomic E-state index is -1.82. The molecule has 24 heavy (non-hydrogen) atoms. The lowest BCUT2D eigenvalue weighted by molar-refractivity contribution is -0.159. The van der Waals surface area contributed by atoms with Crippen LogP contribution in [0.2, 0.25) is 0 Å². The molecule has 2 rings (SSSR count). The molecule has 0 saturated heterocycles. The number of carboxylic acid groups (broad SMARTS) is 2. The quantitative estimate of drug-likeness (QED) is 0.614. The highest BCUT2D eigenvalue weighted by Crippen LogP contribution is 2.24. The second kappa shape index (κ2) is 10.3. The molecule has 0 atom stereocenters. The molecule has 0 fully saturated rings. The minimum absolute atomic E-state index is 0.674. The van der Waals surface area contributed by atoms with Crippen molar-refractivity contribution >= 4 is 17.5 Å².